The van der Waals surface area contributed by atoms with Crippen LogP contribution in [0.25, 0.3) is 0 Å². The van der Waals surface area contributed by atoms with E-state index in [4.69, 9.17) is 0 Å². The van der Waals surface area contributed by atoms with Crippen molar-refractivity contribution in [3.05, 3.63) is 96.3 Å². The van der Waals surface area contributed by atoms with E-state index in [2.05, 4.69) is 5.32 Å². The number of amides is 2. The molecule has 1 unspecified atom stereocenters. The highest BCUT2D eigenvalue weighted by atomic mass is 32.2. The van der Waals surface area contributed by atoms with Crippen molar-refractivity contribution in [2.75, 3.05) is 10.8 Å². The summed E-state index contributed by atoms with van der Waals surface area (Å²) in [4.78, 5) is 28.4. The molecule has 1 atom stereocenters. The van der Waals surface area contributed by atoms with Gasteiger partial charge >= 0.3 is 0 Å². The zero-order valence-electron chi connectivity index (χ0n) is 22.0. The van der Waals surface area contributed by atoms with E-state index in [0.717, 1.165) is 54.1 Å². The van der Waals surface area contributed by atoms with Gasteiger partial charge in [-0.3, -0.25) is 13.9 Å². The molecule has 0 heterocycles. The number of sulfonamides is 1. The summed E-state index contributed by atoms with van der Waals surface area (Å²) < 4.78 is 41.9. The maximum absolute atomic E-state index is 13.9. The topological polar surface area (TPSA) is 86.8 Å². The van der Waals surface area contributed by atoms with Gasteiger partial charge < -0.3 is 10.2 Å². The molecule has 1 fully saturated rings. The number of halogens is 1. The average Bonchev–Trinajstić information content (AvgIpc) is 2.96. The van der Waals surface area contributed by atoms with Crippen LogP contribution in [0.1, 0.15) is 44.6 Å². The van der Waals surface area contributed by atoms with Crippen LogP contribution in [0.5, 0.6) is 0 Å². The predicted molar refractivity (Wildman–Crippen MR) is 149 cm³/mol. The Hall–Kier alpha value is -3.72. The molecule has 9 heteroatoms. The molecule has 206 valence electrons. The first kappa shape index (κ1) is 28.3. The van der Waals surface area contributed by atoms with Gasteiger partial charge in [0.25, 0.3) is 10.0 Å². The van der Waals surface area contributed by atoms with Crippen LogP contribution in [0, 0.1) is 5.82 Å². The Bertz CT molecular complexity index is 1350. The molecule has 2 amide bonds. The molecule has 1 N–H and O–H groups in total. The van der Waals surface area contributed by atoms with Crippen molar-refractivity contribution >= 4 is 27.5 Å². The van der Waals surface area contributed by atoms with Crippen molar-refractivity contribution < 1.29 is 22.4 Å². The van der Waals surface area contributed by atoms with Gasteiger partial charge in [0, 0.05) is 12.6 Å². The molecule has 4 rings (SSSR count). The Morgan fingerprint density at radius 2 is 1.49 bits per heavy atom. The highest BCUT2D eigenvalue weighted by Gasteiger charge is 2.33. The van der Waals surface area contributed by atoms with E-state index in [1.54, 1.807) is 37.3 Å². The fourth-order valence-corrected chi connectivity index (χ4v) is 6.20. The number of benzene rings is 3. The van der Waals surface area contributed by atoms with Crippen LogP contribution in [-0.4, -0.2) is 43.8 Å². The van der Waals surface area contributed by atoms with Crippen LogP contribution in [-0.2, 0) is 26.2 Å². The molecule has 0 aliphatic heterocycles. The highest BCUT2D eigenvalue weighted by Crippen LogP contribution is 2.25. The Labute approximate surface area is 229 Å². The number of carbonyl (C=O) groups is 2. The third kappa shape index (κ3) is 7.23. The number of nitrogens with one attached hydrogen (secondary N) is 1. The lowest BCUT2D eigenvalue weighted by molar-refractivity contribution is -0.139. The zero-order chi connectivity index (χ0) is 27.8. The third-order valence-corrected chi connectivity index (χ3v) is 8.83. The lowest BCUT2D eigenvalue weighted by Crippen LogP contribution is -2.53. The second kappa shape index (κ2) is 12.9. The number of carbonyl (C=O) groups excluding carboxylic acids is 2. The normalized spacial score (nSPS) is 14.8. The van der Waals surface area contributed by atoms with Crippen molar-refractivity contribution in [3.8, 4) is 0 Å². The summed E-state index contributed by atoms with van der Waals surface area (Å²) in [6, 6.07) is 21.3. The first-order chi connectivity index (χ1) is 18.8. The number of para-hydroxylation sites is 1. The van der Waals surface area contributed by atoms with E-state index in [9.17, 15) is 22.4 Å². The lowest BCUT2D eigenvalue weighted by atomic mass is 9.95. The largest absolute Gasteiger partial charge is 0.352 e. The number of rotatable bonds is 10. The van der Waals surface area contributed by atoms with Gasteiger partial charge in [-0.25, -0.2) is 12.8 Å². The molecule has 0 saturated heterocycles. The minimum absolute atomic E-state index is 0.0713. The van der Waals surface area contributed by atoms with E-state index in [0.29, 0.717) is 0 Å². The van der Waals surface area contributed by atoms with E-state index < -0.39 is 34.3 Å². The molecule has 1 saturated carbocycles. The predicted octanol–water partition coefficient (Wildman–Crippen LogP) is 4.89. The SMILES string of the molecule is CC(C(=O)NC1CCCCC1)N(Cc1ccccc1)C(=O)CN(c1ccccc1)S(=O)(=O)c1ccc(F)cc1. The van der Waals surface area contributed by atoms with Gasteiger partial charge in [-0.1, -0.05) is 67.8 Å². The summed E-state index contributed by atoms with van der Waals surface area (Å²) in [6.07, 6.45) is 5.07. The molecule has 7 nitrogen and oxygen atoms in total. The Kier molecular flexibility index (Phi) is 9.35. The monoisotopic (exact) mass is 551 g/mol. The minimum Gasteiger partial charge on any atom is -0.352 e. The average molecular weight is 552 g/mol. The zero-order valence-corrected chi connectivity index (χ0v) is 22.8. The van der Waals surface area contributed by atoms with Crippen molar-refractivity contribution in [1.82, 2.24) is 10.2 Å². The molecule has 1 aliphatic rings. The number of hydrogen-bond acceptors (Lipinski definition) is 4. The van der Waals surface area contributed by atoms with Crippen LogP contribution >= 0.6 is 0 Å². The number of anilines is 1. The molecule has 3 aromatic carbocycles. The van der Waals surface area contributed by atoms with Crippen molar-refractivity contribution in [1.29, 1.82) is 0 Å². The van der Waals surface area contributed by atoms with Crippen LogP contribution in [0.3, 0.4) is 0 Å². The third-order valence-electron chi connectivity index (χ3n) is 7.04. The van der Waals surface area contributed by atoms with Crippen LogP contribution in [0.4, 0.5) is 10.1 Å². The Balaban J connectivity index is 1.64. The van der Waals surface area contributed by atoms with Crippen molar-refractivity contribution in [2.24, 2.45) is 0 Å². The maximum atomic E-state index is 13.9. The van der Waals surface area contributed by atoms with E-state index in [1.165, 1.54) is 17.0 Å². The van der Waals surface area contributed by atoms with Crippen molar-refractivity contribution in [3.63, 3.8) is 0 Å². The summed E-state index contributed by atoms with van der Waals surface area (Å²) in [5.74, 6) is -1.36. The molecular formula is C30H34FN3O4S. The first-order valence-corrected chi connectivity index (χ1v) is 14.7. The quantitative estimate of drug-likeness (QED) is 0.389. The number of nitrogens with zero attached hydrogens (tertiary/aromatic N) is 2. The van der Waals surface area contributed by atoms with Gasteiger partial charge in [-0.15, -0.1) is 0 Å². The minimum atomic E-state index is -4.22. The molecule has 1 aliphatic carbocycles. The molecule has 39 heavy (non-hydrogen) atoms. The van der Waals surface area contributed by atoms with Crippen LogP contribution in [0.2, 0.25) is 0 Å². The van der Waals surface area contributed by atoms with E-state index >= 15 is 0 Å². The van der Waals surface area contributed by atoms with E-state index in [1.807, 2.05) is 30.3 Å². The maximum Gasteiger partial charge on any atom is 0.264 e. The smallest absolute Gasteiger partial charge is 0.264 e. The summed E-state index contributed by atoms with van der Waals surface area (Å²) >= 11 is 0. The Morgan fingerprint density at radius 3 is 2.10 bits per heavy atom. The van der Waals surface area contributed by atoms with Gasteiger partial charge in [0.15, 0.2) is 0 Å². The lowest BCUT2D eigenvalue weighted by Gasteiger charge is -2.33. The standard InChI is InChI=1S/C30H34FN3O4S/c1-23(30(36)32-26-13-7-3-8-14-26)33(21-24-11-5-2-6-12-24)29(35)22-34(27-15-9-4-10-16-27)39(37,38)28-19-17-25(31)18-20-28/h2,4-6,9-12,15-20,23,26H,3,7-8,13-14,21-22H2,1H3,(H,32,36). The molecule has 0 aromatic heterocycles. The molecule has 0 bridgehead atoms. The van der Waals surface area contributed by atoms with E-state index in [-0.39, 0.29) is 29.1 Å². The van der Waals surface area contributed by atoms with Gasteiger partial charge in [0.2, 0.25) is 11.8 Å². The molecule has 0 radical (unpaired) electrons. The van der Waals surface area contributed by atoms with Crippen molar-refractivity contribution in [2.45, 2.75) is 62.6 Å². The Morgan fingerprint density at radius 1 is 0.897 bits per heavy atom. The van der Waals surface area contributed by atoms with Gasteiger partial charge in [0.1, 0.15) is 18.4 Å². The highest BCUT2D eigenvalue weighted by molar-refractivity contribution is 7.92. The fraction of sp³-hybridized carbons (Fsp3) is 0.333. The van der Waals surface area contributed by atoms with Gasteiger partial charge in [-0.05, 0) is 61.7 Å². The second-order valence-electron chi connectivity index (χ2n) is 9.83. The fourth-order valence-electron chi connectivity index (χ4n) is 4.79. The first-order valence-electron chi connectivity index (χ1n) is 13.2. The second-order valence-corrected chi connectivity index (χ2v) is 11.7. The van der Waals surface area contributed by atoms with Crippen LogP contribution < -0.4 is 9.62 Å². The molecule has 3 aromatic rings. The van der Waals surface area contributed by atoms with Crippen LogP contribution in [0.15, 0.2) is 89.8 Å². The summed E-state index contributed by atoms with van der Waals surface area (Å²) in [5, 5.41) is 3.09. The molecular weight excluding hydrogens is 517 g/mol. The molecule has 0 spiro atoms. The number of hydrogen-bond donors (Lipinski definition) is 1. The summed E-state index contributed by atoms with van der Waals surface area (Å²) in [7, 11) is -4.22. The summed E-state index contributed by atoms with van der Waals surface area (Å²) in [5.41, 5.74) is 1.10. The van der Waals surface area contributed by atoms with Gasteiger partial charge in [0.05, 0.1) is 10.6 Å². The van der Waals surface area contributed by atoms with Gasteiger partial charge in [-0.2, -0.15) is 0 Å². The summed E-state index contributed by atoms with van der Waals surface area (Å²) in [6.45, 7) is 1.27.